The predicted molar refractivity (Wildman–Crippen MR) is 84.5 cm³/mol. The molecule has 3 nitrogen and oxygen atoms in total. The molecule has 0 amide bonds. The number of aromatic nitrogens is 1. The third-order valence-corrected chi connectivity index (χ3v) is 4.50. The van der Waals surface area contributed by atoms with Crippen LogP contribution in [0.25, 0.3) is 0 Å². The molecule has 1 heterocycles. The van der Waals surface area contributed by atoms with Gasteiger partial charge in [-0.1, -0.05) is 26.2 Å². The summed E-state index contributed by atoms with van der Waals surface area (Å²) in [4.78, 5) is 16.8. The second kappa shape index (κ2) is 9.66. The number of rotatable bonds is 9. The minimum Gasteiger partial charge on any atom is -0.461 e. The van der Waals surface area contributed by atoms with Crippen LogP contribution in [0.3, 0.4) is 0 Å². The standard InChI is InChI=1S/C16H23F2NO2S/c1-4-5-6-7-8-13-19-12(3)14(22-13)16(20)21-10-9-11(2)15(17)18/h4-10H2,1-3H3. The summed E-state index contributed by atoms with van der Waals surface area (Å²) in [7, 11) is 0. The lowest BCUT2D eigenvalue weighted by Crippen LogP contribution is -2.06. The van der Waals surface area contributed by atoms with Gasteiger partial charge in [-0.05, 0) is 32.3 Å². The van der Waals surface area contributed by atoms with Crippen LogP contribution in [-0.2, 0) is 11.2 Å². The van der Waals surface area contributed by atoms with Crippen molar-refractivity contribution in [2.75, 3.05) is 6.61 Å². The molecule has 0 unspecified atom stereocenters. The van der Waals surface area contributed by atoms with Crippen molar-refractivity contribution in [2.45, 2.75) is 59.3 Å². The SMILES string of the molecule is CCCCCCc1nc(C)c(C(=O)OCCC(C)=C(F)F)s1. The van der Waals surface area contributed by atoms with Crippen molar-refractivity contribution in [3.63, 3.8) is 0 Å². The number of hydrogen-bond donors (Lipinski definition) is 0. The van der Waals surface area contributed by atoms with E-state index in [4.69, 9.17) is 4.74 Å². The topological polar surface area (TPSA) is 39.2 Å². The Morgan fingerprint density at radius 3 is 2.64 bits per heavy atom. The number of halogens is 2. The molecule has 1 aromatic heterocycles. The van der Waals surface area contributed by atoms with Gasteiger partial charge in [0, 0.05) is 6.42 Å². The maximum Gasteiger partial charge on any atom is 0.350 e. The fourth-order valence-electron chi connectivity index (χ4n) is 1.91. The number of nitrogens with zero attached hydrogens (tertiary/aromatic N) is 1. The molecule has 0 spiro atoms. The van der Waals surface area contributed by atoms with E-state index in [-0.39, 0.29) is 18.6 Å². The van der Waals surface area contributed by atoms with Gasteiger partial charge in [0.15, 0.2) is 0 Å². The summed E-state index contributed by atoms with van der Waals surface area (Å²) in [5.74, 6) is -0.470. The largest absolute Gasteiger partial charge is 0.461 e. The molecule has 0 aromatic carbocycles. The van der Waals surface area contributed by atoms with Crippen molar-refractivity contribution in [3.05, 3.63) is 27.2 Å². The van der Waals surface area contributed by atoms with Gasteiger partial charge >= 0.3 is 5.97 Å². The second-order valence-electron chi connectivity index (χ2n) is 5.26. The van der Waals surface area contributed by atoms with Gasteiger partial charge in [0.2, 0.25) is 0 Å². The van der Waals surface area contributed by atoms with Gasteiger partial charge < -0.3 is 4.74 Å². The molecule has 0 bridgehead atoms. The molecule has 0 saturated carbocycles. The Balaban J connectivity index is 2.48. The van der Waals surface area contributed by atoms with Gasteiger partial charge in [-0.25, -0.2) is 9.78 Å². The molecule has 124 valence electrons. The van der Waals surface area contributed by atoms with Crippen LogP contribution in [0.15, 0.2) is 11.7 Å². The Morgan fingerprint density at radius 2 is 2.00 bits per heavy atom. The highest BCUT2D eigenvalue weighted by Gasteiger charge is 2.16. The van der Waals surface area contributed by atoms with E-state index in [2.05, 4.69) is 11.9 Å². The maximum atomic E-state index is 12.2. The minimum absolute atomic E-state index is 0.0365. The molecule has 0 saturated heterocycles. The van der Waals surface area contributed by atoms with Gasteiger partial charge in [0.05, 0.1) is 17.3 Å². The fourth-order valence-corrected chi connectivity index (χ4v) is 2.91. The molecule has 1 rings (SSSR count). The quantitative estimate of drug-likeness (QED) is 0.456. The molecule has 0 atom stereocenters. The Labute approximate surface area is 134 Å². The summed E-state index contributed by atoms with van der Waals surface area (Å²) < 4.78 is 29.5. The Kier molecular flexibility index (Phi) is 8.24. The minimum atomic E-state index is -1.71. The van der Waals surface area contributed by atoms with Gasteiger partial charge in [0.1, 0.15) is 4.88 Å². The van der Waals surface area contributed by atoms with Crippen molar-refractivity contribution in [1.29, 1.82) is 0 Å². The highest BCUT2D eigenvalue weighted by Crippen LogP contribution is 2.21. The van der Waals surface area contributed by atoms with Gasteiger partial charge in [0.25, 0.3) is 6.08 Å². The lowest BCUT2D eigenvalue weighted by atomic mass is 10.2. The molecule has 0 aliphatic carbocycles. The van der Waals surface area contributed by atoms with E-state index in [1.165, 1.54) is 31.1 Å². The van der Waals surface area contributed by atoms with Crippen molar-refractivity contribution < 1.29 is 18.3 Å². The summed E-state index contributed by atoms with van der Waals surface area (Å²) in [5.41, 5.74) is 0.606. The molecule has 22 heavy (non-hydrogen) atoms. The summed E-state index contributed by atoms with van der Waals surface area (Å²) in [6.07, 6.45) is 3.83. The normalized spacial score (nSPS) is 10.6. The molecule has 0 radical (unpaired) electrons. The third kappa shape index (κ3) is 6.22. The molecular weight excluding hydrogens is 308 g/mol. The summed E-state index contributed by atoms with van der Waals surface area (Å²) in [6, 6.07) is 0. The van der Waals surface area contributed by atoms with Crippen LogP contribution in [0.2, 0.25) is 0 Å². The lowest BCUT2D eigenvalue weighted by molar-refractivity contribution is 0.0512. The van der Waals surface area contributed by atoms with E-state index in [1.54, 1.807) is 6.92 Å². The first-order valence-electron chi connectivity index (χ1n) is 7.59. The second-order valence-corrected chi connectivity index (χ2v) is 6.34. The molecule has 0 aliphatic heterocycles. The summed E-state index contributed by atoms with van der Waals surface area (Å²) in [5, 5.41) is 0.937. The average molecular weight is 331 g/mol. The first-order valence-corrected chi connectivity index (χ1v) is 8.41. The zero-order valence-corrected chi connectivity index (χ0v) is 14.2. The average Bonchev–Trinajstić information content (AvgIpc) is 2.84. The Bertz CT molecular complexity index is 522. The molecule has 0 fully saturated rings. The Hall–Kier alpha value is -1.30. The highest BCUT2D eigenvalue weighted by molar-refractivity contribution is 7.13. The van der Waals surface area contributed by atoms with Gasteiger partial charge in [-0.15, -0.1) is 11.3 Å². The smallest absolute Gasteiger partial charge is 0.350 e. The van der Waals surface area contributed by atoms with Crippen LogP contribution in [-0.4, -0.2) is 17.6 Å². The molecular formula is C16H23F2NO2S. The molecule has 0 aliphatic rings. The number of carbonyl (C=O) groups is 1. The molecule has 6 heteroatoms. The zero-order chi connectivity index (χ0) is 16.5. The predicted octanol–water partition coefficient (Wildman–Crippen LogP) is 5.29. The maximum absolute atomic E-state index is 12.2. The van der Waals surface area contributed by atoms with Crippen LogP contribution in [0.4, 0.5) is 8.78 Å². The van der Waals surface area contributed by atoms with Crippen molar-refractivity contribution in [1.82, 2.24) is 4.98 Å². The summed E-state index contributed by atoms with van der Waals surface area (Å²) in [6.45, 7) is 5.23. The number of aryl methyl sites for hydroxylation is 2. The van der Waals surface area contributed by atoms with Gasteiger partial charge in [-0.2, -0.15) is 8.78 Å². The van der Waals surface area contributed by atoms with E-state index in [9.17, 15) is 13.6 Å². The highest BCUT2D eigenvalue weighted by atomic mass is 32.1. The van der Waals surface area contributed by atoms with E-state index in [0.29, 0.717) is 10.6 Å². The Morgan fingerprint density at radius 1 is 1.27 bits per heavy atom. The van der Waals surface area contributed by atoms with Crippen LogP contribution in [0.1, 0.15) is 66.3 Å². The van der Waals surface area contributed by atoms with Crippen molar-refractivity contribution in [3.8, 4) is 0 Å². The lowest BCUT2D eigenvalue weighted by Gasteiger charge is -2.03. The van der Waals surface area contributed by atoms with Crippen LogP contribution in [0.5, 0.6) is 0 Å². The number of unbranched alkanes of at least 4 members (excludes halogenated alkanes) is 3. The van der Waals surface area contributed by atoms with E-state index in [0.717, 1.165) is 24.3 Å². The first kappa shape index (κ1) is 18.7. The van der Waals surface area contributed by atoms with Crippen molar-refractivity contribution in [2.24, 2.45) is 0 Å². The number of carbonyl (C=O) groups excluding carboxylic acids is 1. The van der Waals surface area contributed by atoms with Crippen molar-refractivity contribution >= 4 is 17.3 Å². The first-order chi connectivity index (χ1) is 10.5. The van der Waals surface area contributed by atoms with Crippen LogP contribution in [0, 0.1) is 6.92 Å². The molecule has 0 N–H and O–H groups in total. The fraction of sp³-hybridized carbons (Fsp3) is 0.625. The number of thiazole rings is 1. The van der Waals surface area contributed by atoms with E-state index < -0.39 is 12.0 Å². The monoisotopic (exact) mass is 331 g/mol. The number of hydrogen-bond acceptors (Lipinski definition) is 4. The summed E-state index contributed by atoms with van der Waals surface area (Å²) >= 11 is 1.34. The van der Waals surface area contributed by atoms with Crippen LogP contribution < -0.4 is 0 Å². The van der Waals surface area contributed by atoms with Gasteiger partial charge in [-0.3, -0.25) is 0 Å². The van der Waals surface area contributed by atoms with Crippen LogP contribution >= 0.6 is 11.3 Å². The third-order valence-electron chi connectivity index (χ3n) is 3.30. The number of ether oxygens (including phenoxy) is 1. The van der Waals surface area contributed by atoms with E-state index >= 15 is 0 Å². The number of esters is 1. The van der Waals surface area contributed by atoms with E-state index in [1.807, 2.05) is 0 Å². The zero-order valence-electron chi connectivity index (χ0n) is 13.4. The molecule has 1 aromatic rings.